The van der Waals surface area contributed by atoms with Crippen LogP contribution in [0, 0.1) is 0 Å². The van der Waals surface area contributed by atoms with Crippen molar-refractivity contribution in [2.75, 3.05) is 18.0 Å². The number of halogens is 1. The second kappa shape index (κ2) is 5.71. The Morgan fingerprint density at radius 1 is 1.43 bits per heavy atom. The molecule has 3 rings (SSSR count). The molecule has 0 bridgehead atoms. The molecule has 1 N–H and O–H groups in total. The van der Waals surface area contributed by atoms with Crippen molar-refractivity contribution in [3.05, 3.63) is 17.2 Å². The Kier molecular flexibility index (Phi) is 4.08. The third-order valence-electron chi connectivity index (χ3n) is 4.62. The summed E-state index contributed by atoms with van der Waals surface area (Å²) in [7, 11) is 0. The monoisotopic (exact) mass is 324 g/mol. The number of aromatic nitrogens is 2. The van der Waals surface area contributed by atoms with Gasteiger partial charge in [0.05, 0.1) is 22.4 Å². The molecule has 2 heterocycles. The fourth-order valence-corrected chi connectivity index (χ4v) is 3.78. The van der Waals surface area contributed by atoms with Gasteiger partial charge in [-0.25, -0.2) is 0 Å². The maximum Gasteiger partial charge on any atom is 0.129 e. The lowest BCUT2D eigenvalue weighted by molar-refractivity contribution is 0.276. The highest BCUT2D eigenvalue weighted by atomic mass is 35.5. The number of fused-ring (bicyclic) bond motifs is 1. The zero-order valence-electron chi connectivity index (χ0n) is 12.7. The maximum atomic E-state index is 6.53. The Morgan fingerprint density at radius 2 is 2.24 bits per heavy atom. The van der Waals surface area contributed by atoms with Crippen LogP contribution in [0.2, 0.25) is 5.02 Å². The van der Waals surface area contributed by atoms with Crippen molar-refractivity contribution in [1.29, 1.82) is 0 Å². The van der Waals surface area contributed by atoms with Crippen LogP contribution >= 0.6 is 23.3 Å². The van der Waals surface area contributed by atoms with E-state index in [1.807, 2.05) is 12.1 Å². The lowest BCUT2D eigenvalue weighted by Gasteiger charge is -2.47. The number of nitrogens with zero attached hydrogens (tertiary/aromatic N) is 3. The zero-order chi connectivity index (χ0) is 15.0. The largest absolute Gasteiger partial charge is 0.362 e. The number of benzene rings is 1. The van der Waals surface area contributed by atoms with Crippen molar-refractivity contribution < 1.29 is 0 Å². The molecule has 114 valence electrons. The first-order chi connectivity index (χ1) is 10.1. The number of hydrogen-bond acceptors (Lipinski definition) is 5. The molecule has 1 aromatic heterocycles. The third kappa shape index (κ3) is 2.62. The molecule has 0 aliphatic carbocycles. The molecule has 0 spiro atoms. The summed E-state index contributed by atoms with van der Waals surface area (Å²) in [6.45, 7) is 8.65. The molecule has 21 heavy (non-hydrogen) atoms. The van der Waals surface area contributed by atoms with Gasteiger partial charge in [-0.2, -0.15) is 8.75 Å². The molecule has 1 aromatic carbocycles. The number of piperazine rings is 1. The summed E-state index contributed by atoms with van der Waals surface area (Å²) in [4.78, 5) is 2.44. The van der Waals surface area contributed by atoms with E-state index in [1.54, 1.807) is 0 Å². The van der Waals surface area contributed by atoms with E-state index >= 15 is 0 Å². The number of rotatable bonds is 3. The fourth-order valence-electron chi connectivity index (χ4n) is 2.99. The minimum Gasteiger partial charge on any atom is -0.362 e. The highest BCUT2D eigenvalue weighted by Crippen LogP contribution is 2.37. The summed E-state index contributed by atoms with van der Waals surface area (Å²) in [6, 6.07) is 4.33. The Labute approximate surface area is 134 Å². The molecular weight excluding hydrogens is 304 g/mol. The summed E-state index contributed by atoms with van der Waals surface area (Å²) in [5.41, 5.74) is 3.04. The standard InChI is InChI=1S/C15H21ClN4S/c1-4-10-8-17-15(3,5-2)9-20(10)14-11(16)6-7-12-13(14)19-21-18-12/h6-7,10,17H,4-5,8-9H2,1-3H3. The Bertz CT molecular complexity index is 644. The van der Waals surface area contributed by atoms with E-state index in [-0.39, 0.29) is 5.54 Å². The zero-order valence-corrected chi connectivity index (χ0v) is 14.3. The summed E-state index contributed by atoms with van der Waals surface area (Å²) < 4.78 is 8.83. The van der Waals surface area contributed by atoms with E-state index < -0.39 is 0 Å². The van der Waals surface area contributed by atoms with Gasteiger partial charge in [-0.3, -0.25) is 0 Å². The molecule has 0 amide bonds. The maximum absolute atomic E-state index is 6.53. The van der Waals surface area contributed by atoms with Crippen LogP contribution in [0.5, 0.6) is 0 Å². The minimum atomic E-state index is 0.112. The predicted molar refractivity (Wildman–Crippen MR) is 90.5 cm³/mol. The van der Waals surface area contributed by atoms with Gasteiger partial charge in [0.2, 0.25) is 0 Å². The number of hydrogen-bond donors (Lipinski definition) is 1. The molecule has 0 radical (unpaired) electrons. The second-order valence-corrected chi connectivity index (χ2v) is 6.95. The van der Waals surface area contributed by atoms with Crippen LogP contribution in [-0.2, 0) is 0 Å². The fraction of sp³-hybridized carbons (Fsp3) is 0.600. The van der Waals surface area contributed by atoms with Crippen molar-refractivity contribution in [3.63, 3.8) is 0 Å². The quantitative estimate of drug-likeness (QED) is 0.934. The third-order valence-corrected chi connectivity index (χ3v) is 5.46. The first kappa shape index (κ1) is 15.0. The SMILES string of the molecule is CCC1CNC(C)(CC)CN1c1c(Cl)ccc2nsnc12. The van der Waals surface area contributed by atoms with Crippen LogP contribution in [0.3, 0.4) is 0 Å². The van der Waals surface area contributed by atoms with Crippen LogP contribution in [0.4, 0.5) is 5.69 Å². The molecule has 2 unspecified atom stereocenters. The van der Waals surface area contributed by atoms with Crippen molar-refractivity contribution in [1.82, 2.24) is 14.1 Å². The molecule has 2 aromatic rings. The van der Waals surface area contributed by atoms with Gasteiger partial charge < -0.3 is 10.2 Å². The normalized spacial score (nSPS) is 26.5. The number of nitrogens with one attached hydrogen (secondary N) is 1. The van der Waals surface area contributed by atoms with E-state index in [4.69, 9.17) is 11.6 Å². The topological polar surface area (TPSA) is 41.0 Å². The van der Waals surface area contributed by atoms with Gasteiger partial charge in [0, 0.05) is 24.7 Å². The molecule has 1 aliphatic heterocycles. The van der Waals surface area contributed by atoms with Gasteiger partial charge >= 0.3 is 0 Å². The Hall–Kier alpha value is -0.910. The molecule has 1 fully saturated rings. The van der Waals surface area contributed by atoms with E-state index in [1.165, 1.54) is 11.7 Å². The smallest absolute Gasteiger partial charge is 0.129 e. The summed E-state index contributed by atoms with van der Waals surface area (Å²) in [5, 5.41) is 4.46. The molecule has 4 nitrogen and oxygen atoms in total. The van der Waals surface area contributed by atoms with Gasteiger partial charge in [0.15, 0.2) is 0 Å². The molecule has 0 saturated carbocycles. The molecule has 1 aliphatic rings. The number of anilines is 1. The average Bonchev–Trinajstić information content (AvgIpc) is 2.95. The summed E-state index contributed by atoms with van der Waals surface area (Å²) >= 11 is 7.78. The van der Waals surface area contributed by atoms with Gasteiger partial charge in [-0.15, -0.1) is 0 Å². The van der Waals surface area contributed by atoms with E-state index in [2.05, 4.69) is 39.7 Å². The van der Waals surface area contributed by atoms with Crippen molar-refractivity contribution in [2.45, 2.75) is 45.2 Å². The highest BCUT2D eigenvalue weighted by molar-refractivity contribution is 7.00. The van der Waals surface area contributed by atoms with E-state index in [0.717, 1.165) is 47.7 Å². The Morgan fingerprint density at radius 3 is 2.95 bits per heavy atom. The van der Waals surface area contributed by atoms with Gasteiger partial charge in [-0.05, 0) is 31.9 Å². The Balaban J connectivity index is 2.09. The summed E-state index contributed by atoms with van der Waals surface area (Å²) in [6.07, 6.45) is 2.17. The van der Waals surface area contributed by atoms with Crippen molar-refractivity contribution in [2.24, 2.45) is 0 Å². The molecule has 6 heteroatoms. The van der Waals surface area contributed by atoms with Crippen molar-refractivity contribution in [3.8, 4) is 0 Å². The van der Waals surface area contributed by atoms with Crippen LogP contribution in [0.25, 0.3) is 11.0 Å². The van der Waals surface area contributed by atoms with Crippen LogP contribution in [0.15, 0.2) is 12.1 Å². The van der Waals surface area contributed by atoms with Gasteiger partial charge in [0.1, 0.15) is 11.0 Å². The lowest BCUT2D eigenvalue weighted by Crippen LogP contribution is -2.62. The predicted octanol–water partition coefficient (Wildman–Crippen LogP) is 3.70. The highest BCUT2D eigenvalue weighted by Gasteiger charge is 2.35. The average molecular weight is 325 g/mol. The van der Waals surface area contributed by atoms with Crippen LogP contribution in [-0.4, -0.2) is 33.4 Å². The molecular formula is C15H21ClN4S. The van der Waals surface area contributed by atoms with Crippen molar-refractivity contribution >= 4 is 40.0 Å². The summed E-state index contributed by atoms with van der Waals surface area (Å²) in [5.74, 6) is 0. The first-order valence-electron chi connectivity index (χ1n) is 7.50. The minimum absolute atomic E-state index is 0.112. The van der Waals surface area contributed by atoms with Gasteiger partial charge in [0.25, 0.3) is 0 Å². The van der Waals surface area contributed by atoms with E-state index in [0.29, 0.717) is 6.04 Å². The molecule has 2 atom stereocenters. The molecule has 1 saturated heterocycles. The first-order valence-corrected chi connectivity index (χ1v) is 8.61. The van der Waals surface area contributed by atoms with Crippen LogP contribution in [0.1, 0.15) is 33.6 Å². The lowest BCUT2D eigenvalue weighted by atomic mass is 9.92. The van der Waals surface area contributed by atoms with E-state index in [9.17, 15) is 0 Å². The van der Waals surface area contributed by atoms with Crippen LogP contribution < -0.4 is 10.2 Å². The van der Waals surface area contributed by atoms with Gasteiger partial charge in [-0.1, -0.05) is 25.4 Å². The second-order valence-electron chi connectivity index (χ2n) is 6.01.